The first kappa shape index (κ1) is 45.3. The number of carbonyl (C=O) groups is 2. The molecule has 59 heavy (non-hydrogen) atoms. The average molecular weight is 973 g/mol. The van der Waals surface area contributed by atoms with Crippen molar-refractivity contribution in [1.29, 1.82) is 0 Å². The number of aromatic nitrogens is 4. The van der Waals surface area contributed by atoms with Crippen LogP contribution in [0.2, 0.25) is 0 Å². The Morgan fingerprint density at radius 3 is 2.00 bits per heavy atom. The van der Waals surface area contributed by atoms with Crippen LogP contribution < -0.4 is 10.2 Å². The van der Waals surface area contributed by atoms with Crippen LogP contribution in [0.15, 0.2) is 70.4 Å². The van der Waals surface area contributed by atoms with Gasteiger partial charge in [0.2, 0.25) is 26.7 Å². The molecule has 1 unspecified atom stereocenters. The molecular weight excluding hydrogens is 918 g/mol. The summed E-state index contributed by atoms with van der Waals surface area (Å²) in [5, 5.41) is 2.88. The van der Waals surface area contributed by atoms with E-state index in [1.165, 1.54) is 19.2 Å². The third kappa shape index (κ3) is 10.1. The third-order valence-corrected chi connectivity index (χ3v) is 20.5. The molecule has 1 atom stereocenters. The van der Waals surface area contributed by atoms with Crippen LogP contribution in [0, 0.1) is 13.8 Å². The number of aryl methyl sites for hydroxylation is 3. The molecule has 1 N–H and O–H groups in total. The topological polar surface area (TPSA) is 148 Å². The molecule has 2 aromatic heterocycles. The normalized spacial score (nSPS) is 20.1. The predicted octanol–water partition coefficient (Wildman–Crippen LogP) is 7.76. The molecule has 4 aromatic rings. The van der Waals surface area contributed by atoms with Crippen LogP contribution >= 0.6 is 46.7 Å². The van der Waals surface area contributed by atoms with E-state index in [0.717, 1.165) is 93.0 Å². The molecule has 18 heteroatoms. The summed E-state index contributed by atoms with van der Waals surface area (Å²) < 4.78 is 36.6. The Bertz CT molecular complexity index is 2230. The molecule has 1 saturated carbocycles. The van der Waals surface area contributed by atoms with Gasteiger partial charge in [0, 0.05) is 72.8 Å². The smallest absolute Gasteiger partial charge is 0.231 e. The van der Waals surface area contributed by atoms with Crippen molar-refractivity contribution in [3.63, 3.8) is 0 Å². The fourth-order valence-corrected chi connectivity index (χ4v) is 15.0. The summed E-state index contributed by atoms with van der Waals surface area (Å²) in [6.07, 6.45) is 11.4. The summed E-state index contributed by atoms with van der Waals surface area (Å²) in [4.78, 5) is 40.8. The number of nitrogens with one attached hydrogen (secondary N) is 1. The number of carbonyl (C=O) groups excluding carboxylic acids is 2. The van der Waals surface area contributed by atoms with Crippen LogP contribution in [0.5, 0.6) is 0 Å². The largest absolute Gasteiger partial charge is 0.326 e. The van der Waals surface area contributed by atoms with Crippen molar-refractivity contribution in [3.8, 4) is 0 Å². The molecule has 14 nitrogen and oxygen atoms in total. The van der Waals surface area contributed by atoms with E-state index in [4.69, 9.17) is 0 Å². The predicted molar refractivity (Wildman–Crippen MR) is 241 cm³/mol. The molecule has 6 heterocycles. The monoisotopic (exact) mass is 970 g/mol. The van der Waals surface area contributed by atoms with Crippen LogP contribution in [-0.4, -0.2) is 118 Å². The van der Waals surface area contributed by atoms with Crippen molar-refractivity contribution in [3.05, 3.63) is 104 Å². The second-order valence-electron chi connectivity index (χ2n) is 15.6. The van der Waals surface area contributed by atoms with Gasteiger partial charge in [-0.2, -0.15) is 0 Å². The standard InChI is InChI=1S/C20H26N5O2P.C9H8BrNO.C7H15N2OP.C5H5BrN2/c1-14-16(12-21-13-22-14)5-7-19(28(27)24(2)8-9-25(28)3)15-4-6-18-17(10-15)11-20(26)23-18;1-11-8-3-2-7(10)4-6(8)5-9(11)12;1-8-5-6-9(2)11(8,10)7-3-4-7;1-4-5(6)2-7-3-8-4/h4,6,10,12-13,19H,5,7-9,11H2,1-3H3,(H,23,26);2-4H,5H2,1H3;7H,3-6H2,1-2H3;2-3H,1H3. The van der Waals surface area contributed by atoms with E-state index < -0.39 is 14.9 Å². The third-order valence-electron chi connectivity index (χ3n) is 11.7. The molecule has 0 radical (unpaired) electrons. The molecule has 2 aromatic carbocycles. The lowest BCUT2D eigenvalue weighted by Crippen LogP contribution is -2.20. The van der Waals surface area contributed by atoms with Gasteiger partial charge in [0.25, 0.3) is 0 Å². The van der Waals surface area contributed by atoms with Crippen LogP contribution in [0.4, 0.5) is 11.4 Å². The molecule has 2 amide bonds. The van der Waals surface area contributed by atoms with Crippen LogP contribution in [0.25, 0.3) is 0 Å². The molecule has 0 bridgehead atoms. The van der Waals surface area contributed by atoms with Gasteiger partial charge in [0.15, 0.2) is 0 Å². The number of fused-ring (bicyclic) bond motifs is 2. The molecule has 316 valence electrons. The fraction of sp³-hybridized carbons (Fsp3) is 0.463. The number of amides is 2. The highest BCUT2D eigenvalue weighted by atomic mass is 79.9. The summed E-state index contributed by atoms with van der Waals surface area (Å²) in [6, 6.07) is 11.9. The molecular formula is C41H54Br2N10O4P2. The van der Waals surface area contributed by atoms with Crippen molar-refractivity contribution in [1.82, 2.24) is 38.6 Å². The van der Waals surface area contributed by atoms with Gasteiger partial charge in [-0.1, -0.05) is 28.1 Å². The second kappa shape index (κ2) is 19.2. The molecule has 4 aliphatic heterocycles. The lowest BCUT2D eigenvalue weighted by molar-refractivity contribution is -0.117. The van der Waals surface area contributed by atoms with Crippen molar-refractivity contribution >= 4 is 69.9 Å². The summed E-state index contributed by atoms with van der Waals surface area (Å²) in [5.74, 6) is 0.186. The maximum atomic E-state index is 14.2. The fourth-order valence-electron chi connectivity index (χ4n) is 7.87. The van der Waals surface area contributed by atoms with E-state index in [2.05, 4.69) is 72.5 Å². The Labute approximate surface area is 364 Å². The van der Waals surface area contributed by atoms with Crippen LogP contribution in [-0.2, 0) is 38.0 Å². The summed E-state index contributed by atoms with van der Waals surface area (Å²) in [5.41, 5.74) is 8.42. The highest BCUT2D eigenvalue weighted by molar-refractivity contribution is 9.10. The average Bonchev–Trinajstić information content (AvgIpc) is 3.81. The van der Waals surface area contributed by atoms with Gasteiger partial charge >= 0.3 is 0 Å². The lowest BCUT2D eigenvalue weighted by Gasteiger charge is -2.34. The van der Waals surface area contributed by atoms with Gasteiger partial charge in [-0.05, 0) is 130 Å². The molecule has 9 rings (SSSR count). The Morgan fingerprint density at radius 2 is 1.41 bits per heavy atom. The number of hydrogen-bond acceptors (Lipinski definition) is 8. The number of benzene rings is 2. The first-order valence-electron chi connectivity index (χ1n) is 19.7. The number of hydrogen-bond donors (Lipinski definition) is 1. The Hall–Kier alpha value is -3.20. The molecule has 0 spiro atoms. The number of anilines is 2. The van der Waals surface area contributed by atoms with E-state index >= 15 is 0 Å². The number of nitrogens with zero attached hydrogens (tertiary/aromatic N) is 9. The number of halogens is 2. The maximum absolute atomic E-state index is 14.2. The highest BCUT2D eigenvalue weighted by Gasteiger charge is 2.50. The minimum Gasteiger partial charge on any atom is -0.326 e. The van der Waals surface area contributed by atoms with Crippen molar-refractivity contribution < 1.29 is 18.7 Å². The Kier molecular flexibility index (Phi) is 14.8. The minimum absolute atomic E-state index is 0.0162. The van der Waals surface area contributed by atoms with E-state index in [9.17, 15) is 18.7 Å². The Balaban J connectivity index is 0.000000154. The van der Waals surface area contributed by atoms with Gasteiger partial charge in [-0.3, -0.25) is 18.7 Å². The molecule has 5 aliphatic rings. The zero-order valence-electron chi connectivity index (χ0n) is 34.8. The van der Waals surface area contributed by atoms with Gasteiger partial charge in [-0.15, -0.1) is 0 Å². The second-order valence-corrected chi connectivity index (χ2v) is 23.8. The zero-order chi connectivity index (χ0) is 42.6. The minimum atomic E-state index is -2.76. The van der Waals surface area contributed by atoms with E-state index in [-0.39, 0.29) is 17.5 Å². The summed E-state index contributed by atoms with van der Waals surface area (Å²) in [6.45, 7) is 7.44. The summed E-state index contributed by atoms with van der Waals surface area (Å²) in [7, 11) is 4.88. The first-order valence-corrected chi connectivity index (χ1v) is 24.7. The lowest BCUT2D eigenvalue weighted by atomic mass is 10.0. The molecule has 3 fully saturated rings. The molecule has 1 aliphatic carbocycles. The number of rotatable bonds is 6. The van der Waals surface area contributed by atoms with Crippen molar-refractivity contribution in [2.75, 3.05) is 71.6 Å². The summed E-state index contributed by atoms with van der Waals surface area (Å²) >= 11 is 6.65. The van der Waals surface area contributed by atoms with Gasteiger partial charge in [0.05, 0.1) is 28.7 Å². The highest BCUT2D eigenvalue weighted by Crippen LogP contribution is 2.67. The Morgan fingerprint density at radius 1 is 0.780 bits per heavy atom. The van der Waals surface area contributed by atoms with E-state index in [1.807, 2.05) is 95.0 Å². The van der Waals surface area contributed by atoms with E-state index in [0.29, 0.717) is 18.5 Å². The first-order chi connectivity index (χ1) is 28.0. The maximum Gasteiger partial charge on any atom is 0.231 e. The van der Waals surface area contributed by atoms with Crippen molar-refractivity contribution in [2.45, 2.75) is 63.7 Å². The van der Waals surface area contributed by atoms with Crippen LogP contribution in [0.1, 0.15) is 58.6 Å². The van der Waals surface area contributed by atoms with Gasteiger partial charge < -0.3 is 10.2 Å². The van der Waals surface area contributed by atoms with E-state index in [1.54, 1.807) is 17.4 Å². The zero-order valence-corrected chi connectivity index (χ0v) is 39.8. The molecule has 2 saturated heterocycles. The van der Waals surface area contributed by atoms with Crippen LogP contribution in [0.3, 0.4) is 0 Å². The van der Waals surface area contributed by atoms with Gasteiger partial charge in [-0.25, -0.2) is 38.6 Å². The van der Waals surface area contributed by atoms with Gasteiger partial charge in [0.1, 0.15) is 12.7 Å². The number of likely N-dealkylation sites (N-methyl/N-ethyl adjacent to an activating group) is 5. The SMILES string of the molecule is CN1C(=O)Cc2cc(Br)ccc21.CN1CCN(C)P1(=O)C1CC1.Cc1ncncc1Br.Cc1ncncc1CCC(c1ccc2c(c1)CC(=O)N2)P1(=O)N(C)CCN1C. The quantitative estimate of drug-likeness (QED) is 0.189. The van der Waals surface area contributed by atoms with Crippen molar-refractivity contribution in [2.24, 2.45) is 0 Å².